The van der Waals surface area contributed by atoms with E-state index in [4.69, 9.17) is 21.1 Å². The third-order valence-electron chi connectivity index (χ3n) is 2.53. The van der Waals surface area contributed by atoms with Crippen molar-refractivity contribution in [2.75, 3.05) is 32.6 Å². The summed E-state index contributed by atoms with van der Waals surface area (Å²) in [5.74, 6) is 0.946. The molecule has 0 atom stereocenters. The summed E-state index contributed by atoms with van der Waals surface area (Å²) in [6, 6.07) is 3.26. The molecule has 0 saturated carbocycles. The molecule has 0 heterocycles. The molecule has 0 saturated heterocycles. The number of nitrogens with one attached hydrogen (secondary N) is 2. The second-order valence-electron chi connectivity index (χ2n) is 3.84. The Balaban J connectivity index is 2.75. The molecule has 0 unspecified atom stereocenters. The van der Waals surface area contributed by atoms with E-state index in [2.05, 4.69) is 10.6 Å². The van der Waals surface area contributed by atoms with E-state index < -0.39 is 0 Å². The molecule has 1 rings (SSSR count). The van der Waals surface area contributed by atoms with E-state index in [1.165, 1.54) is 14.2 Å². The minimum atomic E-state index is -0.102. The molecule has 5 nitrogen and oxygen atoms in total. The number of benzene rings is 1. The van der Waals surface area contributed by atoms with Crippen LogP contribution in [0.2, 0.25) is 5.02 Å². The number of hydrogen-bond donors (Lipinski definition) is 2. The number of rotatable bonds is 7. The number of hydrogen-bond acceptors (Lipinski definition) is 4. The van der Waals surface area contributed by atoms with Gasteiger partial charge in [-0.25, -0.2) is 0 Å². The van der Waals surface area contributed by atoms with E-state index in [0.717, 1.165) is 6.54 Å². The van der Waals surface area contributed by atoms with Crippen molar-refractivity contribution in [1.82, 2.24) is 5.32 Å². The van der Waals surface area contributed by atoms with Gasteiger partial charge in [-0.05, 0) is 6.54 Å². The Morgan fingerprint density at radius 3 is 2.47 bits per heavy atom. The summed E-state index contributed by atoms with van der Waals surface area (Å²) in [7, 11) is 3.06. The SMILES string of the molecule is CCNCCC(=O)Nc1cc(OC)c(OC)cc1Cl. The number of halogens is 1. The minimum Gasteiger partial charge on any atom is -0.493 e. The minimum absolute atomic E-state index is 0.102. The molecule has 0 aliphatic rings. The van der Waals surface area contributed by atoms with Crippen molar-refractivity contribution < 1.29 is 14.3 Å². The van der Waals surface area contributed by atoms with Crippen LogP contribution in [-0.2, 0) is 4.79 Å². The van der Waals surface area contributed by atoms with Crippen LogP contribution >= 0.6 is 11.6 Å². The lowest BCUT2D eigenvalue weighted by molar-refractivity contribution is -0.116. The lowest BCUT2D eigenvalue weighted by atomic mass is 10.2. The van der Waals surface area contributed by atoms with Gasteiger partial charge in [0.1, 0.15) is 0 Å². The summed E-state index contributed by atoms with van der Waals surface area (Å²) < 4.78 is 10.3. The Bertz CT molecular complexity index is 438. The number of carbonyl (C=O) groups is 1. The largest absolute Gasteiger partial charge is 0.493 e. The molecule has 0 fully saturated rings. The highest BCUT2D eigenvalue weighted by molar-refractivity contribution is 6.34. The van der Waals surface area contributed by atoms with Gasteiger partial charge in [-0.1, -0.05) is 18.5 Å². The van der Waals surface area contributed by atoms with Gasteiger partial charge in [-0.15, -0.1) is 0 Å². The fourth-order valence-electron chi connectivity index (χ4n) is 1.54. The second-order valence-corrected chi connectivity index (χ2v) is 4.25. The third-order valence-corrected chi connectivity index (χ3v) is 2.84. The normalized spacial score (nSPS) is 10.1. The first-order valence-corrected chi connectivity index (χ1v) is 6.42. The standard InChI is InChI=1S/C13H19ClN2O3/c1-4-15-6-5-13(17)16-10-8-12(19-3)11(18-2)7-9(10)14/h7-8,15H,4-6H2,1-3H3,(H,16,17). The summed E-state index contributed by atoms with van der Waals surface area (Å²) in [5.41, 5.74) is 0.515. The van der Waals surface area contributed by atoms with E-state index >= 15 is 0 Å². The second kappa shape index (κ2) is 7.86. The molecule has 0 spiro atoms. The quantitative estimate of drug-likeness (QED) is 0.755. The van der Waals surface area contributed by atoms with E-state index in [1.54, 1.807) is 12.1 Å². The Morgan fingerprint density at radius 1 is 1.26 bits per heavy atom. The molecule has 1 aromatic carbocycles. The highest BCUT2D eigenvalue weighted by Gasteiger charge is 2.11. The number of anilines is 1. The van der Waals surface area contributed by atoms with E-state index in [-0.39, 0.29) is 5.91 Å². The Hall–Kier alpha value is -1.46. The van der Waals surface area contributed by atoms with Crippen LogP contribution in [0.15, 0.2) is 12.1 Å². The number of carbonyl (C=O) groups excluding carboxylic acids is 1. The molecular weight excluding hydrogens is 268 g/mol. The molecule has 0 aliphatic heterocycles. The highest BCUT2D eigenvalue weighted by Crippen LogP contribution is 2.35. The summed E-state index contributed by atoms with van der Waals surface area (Å²) >= 11 is 6.08. The Morgan fingerprint density at radius 2 is 1.89 bits per heavy atom. The number of ether oxygens (including phenoxy) is 2. The fraction of sp³-hybridized carbons (Fsp3) is 0.462. The van der Waals surface area contributed by atoms with Gasteiger partial charge >= 0.3 is 0 Å². The molecule has 19 heavy (non-hydrogen) atoms. The maximum atomic E-state index is 11.7. The molecule has 106 valence electrons. The molecule has 2 N–H and O–H groups in total. The van der Waals surface area contributed by atoms with Crippen LogP contribution in [0.25, 0.3) is 0 Å². The van der Waals surface area contributed by atoms with Crippen LogP contribution < -0.4 is 20.1 Å². The first-order valence-electron chi connectivity index (χ1n) is 6.04. The molecule has 1 amide bonds. The van der Waals surface area contributed by atoms with Gasteiger partial charge in [0.2, 0.25) is 5.91 Å². The van der Waals surface area contributed by atoms with Crippen molar-refractivity contribution >= 4 is 23.2 Å². The van der Waals surface area contributed by atoms with Crippen LogP contribution in [0.4, 0.5) is 5.69 Å². The van der Waals surface area contributed by atoms with Crippen LogP contribution in [-0.4, -0.2) is 33.2 Å². The highest BCUT2D eigenvalue weighted by atomic mass is 35.5. The molecule has 0 radical (unpaired) electrons. The summed E-state index contributed by atoms with van der Waals surface area (Å²) in [4.78, 5) is 11.7. The van der Waals surface area contributed by atoms with Crippen molar-refractivity contribution in [3.63, 3.8) is 0 Å². The molecule has 1 aromatic rings. The average Bonchev–Trinajstić information content (AvgIpc) is 2.40. The van der Waals surface area contributed by atoms with Crippen molar-refractivity contribution in [3.05, 3.63) is 17.2 Å². The van der Waals surface area contributed by atoms with E-state index in [9.17, 15) is 4.79 Å². The predicted octanol–water partition coefficient (Wildman–Crippen LogP) is 2.30. The topological polar surface area (TPSA) is 59.6 Å². The summed E-state index contributed by atoms with van der Waals surface area (Å²) in [6.45, 7) is 3.46. The zero-order chi connectivity index (χ0) is 14.3. The van der Waals surface area contributed by atoms with E-state index in [1.807, 2.05) is 6.92 Å². The number of amides is 1. The van der Waals surface area contributed by atoms with Crippen molar-refractivity contribution in [3.8, 4) is 11.5 Å². The van der Waals surface area contributed by atoms with Gasteiger partial charge in [-0.2, -0.15) is 0 Å². The Kier molecular flexibility index (Phi) is 6.45. The molecule has 0 bridgehead atoms. The van der Waals surface area contributed by atoms with Crippen LogP contribution in [0.5, 0.6) is 11.5 Å². The smallest absolute Gasteiger partial charge is 0.225 e. The van der Waals surface area contributed by atoms with Gasteiger partial charge < -0.3 is 20.1 Å². The van der Waals surface area contributed by atoms with Crippen molar-refractivity contribution in [1.29, 1.82) is 0 Å². The first kappa shape index (κ1) is 15.6. The zero-order valence-electron chi connectivity index (χ0n) is 11.4. The molecular formula is C13H19ClN2O3. The third kappa shape index (κ3) is 4.61. The predicted molar refractivity (Wildman–Crippen MR) is 76.3 cm³/mol. The summed E-state index contributed by atoms with van der Waals surface area (Å²) in [5, 5.41) is 6.24. The first-order chi connectivity index (χ1) is 9.12. The van der Waals surface area contributed by atoms with Crippen molar-refractivity contribution in [2.24, 2.45) is 0 Å². The average molecular weight is 287 g/mol. The zero-order valence-corrected chi connectivity index (χ0v) is 12.1. The van der Waals surface area contributed by atoms with Gasteiger partial charge in [0.25, 0.3) is 0 Å². The van der Waals surface area contributed by atoms with Gasteiger partial charge in [0.15, 0.2) is 11.5 Å². The molecule has 6 heteroatoms. The molecule has 0 aliphatic carbocycles. The fourth-order valence-corrected chi connectivity index (χ4v) is 1.74. The van der Waals surface area contributed by atoms with Crippen LogP contribution in [0.1, 0.15) is 13.3 Å². The van der Waals surface area contributed by atoms with Gasteiger partial charge in [-0.3, -0.25) is 4.79 Å². The van der Waals surface area contributed by atoms with Crippen molar-refractivity contribution in [2.45, 2.75) is 13.3 Å². The van der Waals surface area contributed by atoms with Crippen LogP contribution in [0, 0.1) is 0 Å². The van der Waals surface area contributed by atoms with E-state index in [0.29, 0.717) is 35.2 Å². The maximum Gasteiger partial charge on any atom is 0.225 e. The lowest BCUT2D eigenvalue weighted by Crippen LogP contribution is -2.21. The number of methoxy groups -OCH3 is 2. The monoisotopic (exact) mass is 286 g/mol. The Labute approximate surface area is 118 Å². The maximum absolute atomic E-state index is 11.7. The van der Waals surface area contributed by atoms with Gasteiger partial charge in [0.05, 0.1) is 24.9 Å². The van der Waals surface area contributed by atoms with Gasteiger partial charge in [0, 0.05) is 25.1 Å². The molecule has 0 aromatic heterocycles. The van der Waals surface area contributed by atoms with Crippen LogP contribution in [0.3, 0.4) is 0 Å². The summed E-state index contributed by atoms with van der Waals surface area (Å²) in [6.07, 6.45) is 0.387. The lowest BCUT2D eigenvalue weighted by Gasteiger charge is -2.12.